The Morgan fingerprint density at radius 1 is 1.24 bits per heavy atom. The molecule has 1 aromatic carbocycles. The van der Waals surface area contributed by atoms with Crippen LogP contribution in [0.15, 0.2) is 35.1 Å². The summed E-state index contributed by atoms with van der Waals surface area (Å²) in [6.45, 7) is 3.50. The third-order valence-electron chi connectivity index (χ3n) is 4.33. The van der Waals surface area contributed by atoms with E-state index in [4.69, 9.17) is 0 Å². The Hall–Kier alpha value is -2.67. The molecule has 6 nitrogen and oxygen atoms in total. The number of H-pyrrole nitrogens is 1. The number of nitrogens with one attached hydrogen (secondary N) is 2. The minimum absolute atomic E-state index is 0.0716. The summed E-state index contributed by atoms with van der Waals surface area (Å²) in [5.74, 6) is 0.552. The number of aromatic nitrogens is 2. The van der Waals surface area contributed by atoms with E-state index in [-0.39, 0.29) is 11.6 Å². The number of anilines is 1. The molecule has 4 rings (SSSR count). The van der Waals surface area contributed by atoms with Gasteiger partial charge in [0.05, 0.1) is 5.39 Å². The minimum atomic E-state index is -0.115. The van der Waals surface area contributed by atoms with Crippen molar-refractivity contribution in [2.24, 2.45) is 0 Å². The van der Waals surface area contributed by atoms with Crippen molar-refractivity contribution in [3.63, 3.8) is 0 Å². The van der Waals surface area contributed by atoms with E-state index in [1.165, 1.54) is 0 Å². The highest BCUT2D eigenvalue weighted by Gasteiger charge is 2.19. The molecule has 3 heterocycles. The van der Waals surface area contributed by atoms with Gasteiger partial charge < -0.3 is 10.3 Å². The fourth-order valence-electron chi connectivity index (χ4n) is 2.97. The molecule has 3 aromatic rings. The summed E-state index contributed by atoms with van der Waals surface area (Å²) < 4.78 is 0. The van der Waals surface area contributed by atoms with Gasteiger partial charge in [-0.15, -0.1) is 11.3 Å². The van der Waals surface area contributed by atoms with Gasteiger partial charge in [0.2, 0.25) is 0 Å². The quantitative estimate of drug-likeness (QED) is 0.758. The van der Waals surface area contributed by atoms with Gasteiger partial charge in [0.15, 0.2) is 0 Å². The summed E-state index contributed by atoms with van der Waals surface area (Å²) in [6.07, 6.45) is 1.82. The highest BCUT2D eigenvalue weighted by Crippen LogP contribution is 2.25. The SMILES string of the molecule is CCc1cc2c(=O)[nH]c(-c3ccc(N4CCCNC4=O)cc3)nc2s1. The van der Waals surface area contributed by atoms with E-state index in [1.807, 2.05) is 30.3 Å². The van der Waals surface area contributed by atoms with Crippen molar-refractivity contribution < 1.29 is 4.79 Å². The molecule has 0 spiro atoms. The van der Waals surface area contributed by atoms with Crippen LogP contribution < -0.4 is 15.8 Å². The van der Waals surface area contributed by atoms with Crippen molar-refractivity contribution in [3.8, 4) is 11.4 Å². The van der Waals surface area contributed by atoms with Gasteiger partial charge in [0.1, 0.15) is 10.7 Å². The molecule has 2 amide bonds. The summed E-state index contributed by atoms with van der Waals surface area (Å²) in [5.41, 5.74) is 1.55. The number of thiophene rings is 1. The van der Waals surface area contributed by atoms with Gasteiger partial charge in [-0.25, -0.2) is 9.78 Å². The molecule has 2 aromatic heterocycles. The Bertz CT molecular complexity index is 990. The smallest absolute Gasteiger partial charge is 0.321 e. The predicted molar refractivity (Wildman–Crippen MR) is 100 cm³/mol. The maximum absolute atomic E-state index is 12.3. The Kier molecular flexibility index (Phi) is 4.01. The number of nitrogens with zero attached hydrogens (tertiary/aromatic N) is 2. The average molecular weight is 354 g/mol. The normalized spacial score (nSPS) is 14.8. The molecule has 128 valence electrons. The van der Waals surface area contributed by atoms with Crippen LogP contribution in [0.2, 0.25) is 0 Å². The van der Waals surface area contributed by atoms with Crippen LogP contribution in [0.25, 0.3) is 21.6 Å². The monoisotopic (exact) mass is 354 g/mol. The second kappa shape index (κ2) is 6.33. The number of urea groups is 1. The first-order chi connectivity index (χ1) is 12.2. The summed E-state index contributed by atoms with van der Waals surface area (Å²) in [4.78, 5) is 35.3. The number of rotatable bonds is 3. The number of carbonyl (C=O) groups is 1. The zero-order valence-electron chi connectivity index (χ0n) is 13.8. The van der Waals surface area contributed by atoms with Gasteiger partial charge in [0, 0.05) is 29.2 Å². The molecule has 7 heteroatoms. The number of hydrogen-bond donors (Lipinski definition) is 2. The molecular formula is C18H18N4O2S. The zero-order valence-corrected chi connectivity index (χ0v) is 14.7. The van der Waals surface area contributed by atoms with E-state index >= 15 is 0 Å². The van der Waals surface area contributed by atoms with Crippen LogP contribution in [-0.4, -0.2) is 29.1 Å². The third kappa shape index (κ3) is 2.91. The number of hydrogen-bond acceptors (Lipinski definition) is 4. The largest absolute Gasteiger partial charge is 0.338 e. The summed E-state index contributed by atoms with van der Waals surface area (Å²) >= 11 is 1.55. The minimum Gasteiger partial charge on any atom is -0.338 e. The van der Waals surface area contributed by atoms with E-state index in [0.29, 0.717) is 17.8 Å². The van der Waals surface area contributed by atoms with E-state index in [9.17, 15) is 9.59 Å². The molecule has 0 aliphatic carbocycles. The molecule has 0 atom stereocenters. The van der Waals surface area contributed by atoms with Crippen molar-refractivity contribution in [2.45, 2.75) is 19.8 Å². The van der Waals surface area contributed by atoms with Crippen LogP contribution in [0, 0.1) is 0 Å². The summed E-state index contributed by atoms with van der Waals surface area (Å²) in [5, 5.41) is 3.49. The topological polar surface area (TPSA) is 78.1 Å². The maximum atomic E-state index is 12.3. The number of aryl methyl sites for hydroxylation is 1. The van der Waals surface area contributed by atoms with Gasteiger partial charge in [-0.2, -0.15) is 0 Å². The molecule has 1 fully saturated rings. The van der Waals surface area contributed by atoms with Crippen molar-refractivity contribution in [1.29, 1.82) is 0 Å². The van der Waals surface area contributed by atoms with E-state index in [1.54, 1.807) is 16.2 Å². The Labute approximate surface area is 148 Å². The standard InChI is InChI=1S/C18H18N4O2S/c1-2-13-10-14-16(23)20-15(21-17(14)25-13)11-4-6-12(7-5-11)22-9-3-8-19-18(22)24/h4-7,10H,2-3,8-9H2,1H3,(H,19,24)(H,20,21,23). The molecule has 2 N–H and O–H groups in total. The second-order valence-electron chi connectivity index (χ2n) is 5.98. The van der Waals surface area contributed by atoms with Gasteiger partial charge in [-0.1, -0.05) is 6.92 Å². The number of fused-ring (bicyclic) bond motifs is 1. The van der Waals surface area contributed by atoms with E-state index in [2.05, 4.69) is 22.2 Å². The van der Waals surface area contributed by atoms with Crippen molar-refractivity contribution in [1.82, 2.24) is 15.3 Å². The maximum Gasteiger partial charge on any atom is 0.321 e. The molecule has 0 bridgehead atoms. The van der Waals surface area contributed by atoms with Gasteiger partial charge in [-0.3, -0.25) is 9.69 Å². The van der Waals surface area contributed by atoms with Gasteiger partial charge in [-0.05, 0) is 43.2 Å². The highest BCUT2D eigenvalue weighted by molar-refractivity contribution is 7.18. The van der Waals surface area contributed by atoms with Gasteiger partial charge in [0.25, 0.3) is 5.56 Å². The molecule has 1 saturated heterocycles. The van der Waals surface area contributed by atoms with Crippen molar-refractivity contribution in [3.05, 3.63) is 45.6 Å². The van der Waals surface area contributed by atoms with Crippen LogP contribution >= 0.6 is 11.3 Å². The zero-order chi connectivity index (χ0) is 17.4. The average Bonchev–Trinajstić information content (AvgIpc) is 3.06. The first-order valence-electron chi connectivity index (χ1n) is 8.34. The number of amides is 2. The van der Waals surface area contributed by atoms with E-state index in [0.717, 1.165) is 40.3 Å². The number of carbonyl (C=O) groups excluding carboxylic acids is 1. The fourth-order valence-corrected chi connectivity index (χ4v) is 3.94. The predicted octanol–water partition coefficient (Wildman–Crippen LogP) is 3.13. The number of benzene rings is 1. The van der Waals surface area contributed by atoms with Crippen LogP contribution in [0.5, 0.6) is 0 Å². The fraction of sp³-hybridized carbons (Fsp3) is 0.278. The lowest BCUT2D eigenvalue weighted by molar-refractivity contribution is 0.243. The summed E-state index contributed by atoms with van der Waals surface area (Å²) in [7, 11) is 0. The molecule has 0 unspecified atom stereocenters. The summed E-state index contributed by atoms with van der Waals surface area (Å²) in [6, 6.07) is 9.38. The molecule has 1 aliphatic rings. The van der Waals surface area contributed by atoms with Crippen molar-refractivity contribution in [2.75, 3.05) is 18.0 Å². The van der Waals surface area contributed by atoms with Gasteiger partial charge >= 0.3 is 6.03 Å². The Morgan fingerprint density at radius 3 is 2.76 bits per heavy atom. The lowest BCUT2D eigenvalue weighted by Gasteiger charge is -2.27. The van der Waals surface area contributed by atoms with Crippen LogP contribution in [0.1, 0.15) is 18.2 Å². The molecule has 1 aliphatic heterocycles. The molecule has 25 heavy (non-hydrogen) atoms. The lowest BCUT2D eigenvalue weighted by Crippen LogP contribution is -2.46. The Morgan fingerprint density at radius 2 is 2.04 bits per heavy atom. The van der Waals surface area contributed by atoms with Crippen LogP contribution in [-0.2, 0) is 6.42 Å². The van der Waals surface area contributed by atoms with Crippen LogP contribution in [0.3, 0.4) is 0 Å². The Balaban J connectivity index is 1.69. The van der Waals surface area contributed by atoms with Crippen LogP contribution in [0.4, 0.5) is 10.5 Å². The first-order valence-corrected chi connectivity index (χ1v) is 9.16. The molecular weight excluding hydrogens is 336 g/mol. The third-order valence-corrected chi connectivity index (χ3v) is 5.51. The number of aromatic amines is 1. The molecule has 0 radical (unpaired) electrons. The molecule has 0 saturated carbocycles. The second-order valence-corrected chi connectivity index (χ2v) is 7.10. The van der Waals surface area contributed by atoms with E-state index < -0.39 is 0 Å². The highest BCUT2D eigenvalue weighted by atomic mass is 32.1. The first kappa shape index (κ1) is 15.8. The van der Waals surface area contributed by atoms with Crippen molar-refractivity contribution >= 4 is 33.3 Å². The lowest BCUT2D eigenvalue weighted by atomic mass is 10.1.